The highest BCUT2D eigenvalue weighted by Gasteiger charge is 2.65. The third-order valence-electron chi connectivity index (χ3n) is 5.82. The second kappa shape index (κ2) is 11.6. The van der Waals surface area contributed by atoms with Crippen molar-refractivity contribution in [3.63, 3.8) is 0 Å². The van der Waals surface area contributed by atoms with Crippen molar-refractivity contribution in [1.29, 1.82) is 5.41 Å². The Labute approximate surface area is 239 Å². The average molecular weight is 652 g/mol. The Morgan fingerprint density at radius 2 is 1.58 bits per heavy atom. The number of carbonyl (C=O) groups excluding carboxylic acids is 1. The second-order valence-electron chi connectivity index (χ2n) is 9.16. The summed E-state index contributed by atoms with van der Waals surface area (Å²) in [5.41, 5.74) is -0.187. The second-order valence-corrected chi connectivity index (χ2v) is 11.6. The van der Waals surface area contributed by atoms with Crippen molar-refractivity contribution < 1.29 is 56.8 Å². The molecule has 3 aromatic rings. The van der Waals surface area contributed by atoms with Gasteiger partial charge >= 0.3 is 22.4 Å². The van der Waals surface area contributed by atoms with Crippen LogP contribution in [0.5, 0.6) is 11.6 Å². The predicted molar refractivity (Wildman–Crippen MR) is 138 cm³/mol. The number of fused-ring (bicyclic) bond motifs is 1. The molecule has 0 aliphatic carbocycles. The molecule has 3 rings (SSSR count). The van der Waals surface area contributed by atoms with Crippen molar-refractivity contribution in [1.82, 2.24) is 19.4 Å². The number of carboxylic acid groups (broad SMARTS) is 1. The summed E-state index contributed by atoms with van der Waals surface area (Å²) in [5.74, 6) is -4.00. The van der Waals surface area contributed by atoms with Crippen molar-refractivity contribution in [2.45, 2.75) is 70.7 Å². The zero-order chi connectivity index (χ0) is 33.2. The summed E-state index contributed by atoms with van der Waals surface area (Å²) in [6, 6.07) is 1.55. The Hall–Kier alpha value is -3.90. The quantitative estimate of drug-likeness (QED) is 0.178. The fourth-order valence-electron chi connectivity index (χ4n) is 3.60. The highest BCUT2D eigenvalue weighted by molar-refractivity contribution is 8.45. The van der Waals surface area contributed by atoms with E-state index in [-0.39, 0.29) is 42.0 Å². The first-order chi connectivity index (χ1) is 19.4. The van der Waals surface area contributed by atoms with Gasteiger partial charge < -0.3 is 14.6 Å². The predicted octanol–water partition coefficient (Wildman–Crippen LogP) is 7.02. The number of rotatable bonds is 10. The number of aryl methyl sites for hydroxylation is 1. The van der Waals surface area contributed by atoms with Crippen LogP contribution in [0, 0.1) is 12.3 Å². The first kappa shape index (κ1) is 35.3. The molecule has 242 valence electrons. The molecule has 0 aliphatic rings. The van der Waals surface area contributed by atoms with Gasteiger partial charge in [-0.25, -0.2) is 9.48 Å². The van der Waals surface area contributed by atoms with Crippen molar-refractivity contribution in [3.05, 3.63) is 41.0 Å². The SMILES string of the molecule is CCOc1cc(C(=O)C(C)n2nc3c(C)cc(OC(CC)CC)nn3c2=N)cc(S(F)(F)(F)(F)F)c1.O=C(O)C(F)(F)F. The van der Waals surface area contributed by atoms with Gasteiger partial charge in [0.25, 0.3) is 0 Å². The fourth-order valence-corrected chi connectivity index (χ4v) is 4.29. The van der Waals surface area contributed by atoms with Crippen LogP contribution in [0.2, 0.25) is 0 Å². The van der Waals surface area contributed by atoms with Crippen LogP contribution in [0.15, 0.2) is 29.2 Å². The van der Waals surface area contributed by atoms with E-state index in [1.807, 2.05) is 13.8 Å². The third kappa shape index (κ3) is 8.80. The maximum atomic E-state index is 13.5. The molecule has 10 nitrogen and oxygen atoms in total. The molecule has 2 N–H and O–H groups in total. The number of aromatic nitrogens is 4. The summed E-state index contributed by atoms with van der Waals surface area (Å²) in [6.07, 6.45) is -3.71. The summed E-state index contributed by atoms with van der Waals surface area (Å²) in [5, 5.41) is 24.1. The Bertz CT molecular complexity index is 1570. The molecule has 0 fully saturated rings. The number of Topliss-reactive ketones (excluding diaryl/α,β-unsaturated/α-hetero) is 1. The number of hydrogen-bond acceptors (Lipinski definition) is 7. The van der Waals surface area contributed by atoms with Gasteiger partial charge in [0, 0.05) is 23.3 Å². The molecule has 1 unspecified atom stereocenters. The summed E-state index contributed by atoms with van der Waals surface area (Å²) < 4.78 is 112. The van der Waals surface area contributed by atoms with Gasteiger partial charge in [-0.3, -0.25) is 10.2 Å². The summed E-state index contributed by atoms with van der Waals surface area (Å²) in [4.78, 5) is 19.8. The van der Waals surface area contributed by atoms with Crippen LogP contribution in [-0.4, -0.2) is 55.1 Å². The van der Waals surface area contributed by atoms with E-state index in [1.54, 1.807) is 13.0 Å². The topological polar surface area (TPSA) is 132 Å². The molecule has 0 spiro atoms. The van der Waals surface area contributed by atoms with Crippen LogP contribution in [0.1, 0.15) is 62.5 Å². The van der Waals surface area contributed by atoms with E-state index in [4.69, 9.17) is 24.8 Å². The number of ether oxygens (including phenoxy) is 2. The number of carbonyl (C=O) groups is 2. The molecular formula is C24H29F8N5O5S. The maximum absolute atomic E-state index is 13.5. The fraction of sp³-hybridized carbons (Fsp3) is 0.458. The number of benzene rings is 1. The number of halogens is 8. The molecule has 0 saturated heterocycles. The van der Waals surface area contributed by atoms with Gasteiger partial charge in [0.2, 0.25) is 11.5 Å². The smallest absolute Gasteiger partial charge is 0.490 e. The number of alkyl halides is 3. The lowest BCUT2D eigenvalue weighted by Gasteiger charge is -2.40. The molecule has 2 heterocycles. The Morgan fingerprint density at radius 3 is 2.05 bits per heavy atom. The number of hydrogen-bond donors (Lipinski definition) is 2. The zero-order valence-electron chi connectivity index (χ0n) is 23.4. The van der Waals surface area contributed by atoms with Crippen molar-refractivity contribution in [2.24, 2.45) is 0 Å². The van der Waals surface area contributed by atoms with Crippen LogP contribution < -0.4 is 15.1 Å². The van der Waals surface area contributed by atoms with E-state index in [9.17, 15) is 37.4 Å². The van der Waals surface area contributed by atoms with E-state index in [0.29, 0.717) is 5.56 Å². The number of aliphatic carboxylic acids is 1. The molecular weight excluding hydrogens is 622 g/mol. The highest BCUT2D eigenvalue weighted by atomic mass is 32.5. The zero-order valence-corrected chi connectivity index (χ0v) is 24.2. The van der Waals surface area contributed by atoms with E-state index in [2.05, 4.69) is 10.2 Å². The molecule has 0 aliphatic heterocycles. The molecule has 43 heavy (non-hydrogen) atoms. The molecule has 0 amide bonds. The summed E-state index contributed by atoms with van der Waals surface area (Å²) in [6.45, 7) is 8.28. The molecule has 0 bridgehead atoms. The van der Waals surface area contributed by atoms with Crippen molar-refractivity contribution in [2.75, 3.05) is 6.61 Å². The molecule has 0 radical (unpaired) electrons. The van der Waals surface area contributed by atoms with Crippen LogP contribution in [-0.2, 0) is 4.79 Å². The lowest BCUT2D eigenvalue weighted by Crippen LogP contribution is -2.30. The lowest BCUT2D eigenvalue weighted by atomic mass is 10.1. The Morgan fingerprint density at radius 1 is 1.02 bits per heavy atom. The summed E-state index contributed by atoms with van der Waals surface area (Å²) in [7, 11) is -10.1. The van der Waals surface area contributed by atoms with Gasteiger partial charge in [0.15, 0.2) is 11.4 Å². The van der Waals surface area contributed by atoms with Crippen molar-refractivity contribution >= 4 is 27.6 Å². The van der Waals surface area contributed by atoms with Crippen LogP contribution in [0.25, 0.3) is 5.65 Å². The number of nitrogens with one attached hydrogen (secondary N) is 1. The molecule has 1 aromatic carbocycles. The lowest BCUT2D eigenvalue weighted by molar-refractivity contribution is -0.192. The molecule has 0 saturated carbocycles. The van der Waals surface area contributed by atoms with Crippen LogP contribution >= 0.6 is 10.2 Å². The van der Waals surface area contributed by atoms with Gasteiger partial charge in [-0.05, 0) is 45.7 Å². The summed E-state index contributed by atoms with van der Waals surface area (Å²) >= 11 is 0. The number of nitrogens with zero attached hydrogens (tertiary/aromatic N) is 4. The number of ketones is 1. The average Bonchev–Trinajstić information content (AvgIpc) is 3.21. The minimum Gasteiger partial charge on any atom is -0.494 e. The van der Waals surface area contributed by atoms with Gasteiger partial charge in [-0.2, -0.15) is 17.7 Å². The first-order valence-electron chi connectivity index (χ1n) is 12.5. The monoisotopic (exact) mass is 651 g/mol. The molecule has 2 aromatic heterocycles. The van der Waals surface area contributed by atoms with Crippen LogP contribution in [0.3, 0.4) is 0 Å². The maximum Gasteiger partial charge on any atom is 0.490 e. The standard InChI is InChI=1S/C22H28F5N5O3S.C2HF3O2/c1-6-16(7-2)35-19-9-13(4)21-30-31(22(28)32(21)29-19)14(5)20(33)15-10-17(34-8-3)12-18(11-15)36(23,24,25,26)27;3-2(4,5)1(6)7/h9-12,14,16,28H,6-8H2,1-5H3;(H,6,7). The molecule has 1 atom stereocenters. The minimum absolute atomic E-state index is 0.0965. The third-order valence-corrected chi connectivity index (χ3v) is 6.95. The van der Waals surface area contributed by atoms with E-state index < -0.39 is 50.4 Å². The van der Waals surface area contributed by atoms with E-state index in [0.717, 1.165) is 28.1 Å². The highest BCUT2D eigenvalue weighted by Crippen LogP contribution is 3.02. The van der Waals surface area contributed by atoms with Gasteiger partial charge in [-0.1, -0.05) is 33.3 Å². The largest absolute Gasteiger partial charge is 0.494 e. The minimum atomic E-state index is -10.1. The van der Waals surface area contributed by atoms with E-state index >= 15 is 0 Å². The van der Waals surface area contributed by atoms with Gasteiger partial charge in [0.1, 0.15) is 16.7 Å². The first-order valence-corrected chi connectivity index (χ1v) is 14.4. The Kier molecular flexibility index (Phi) is 9.56. The Balaban J connectivity index is 0.000000821. The van der Waals surface area contributed by atoms with Gasteiger partial charge in [-0.15, -0.1) is 10.2 Å². The van der Waals surface area contributed by atoms with E-state index in [1.165, 1.54) is 13.8 Å². The molecule has 19 heteroatoms. The van der Waals surface area contributed by atoms with Gasteiger partial charge in [0.05, 0.1) is 12.7 Å². The van der Waals surface area contributed by atoms with Crippen molar-refractivity contribution in [3.8, 4) is 11.6 Å². The van der Waals surface area contributed by atoms with Crippen LogP contribution in [0.4, 0.5) is 32.6 Å². The normalized spacial score (nSPS) is 14.4. The number of carboxylic acids is 1.